The first-order valence-electron chi connectivity index (χ1n) is 14.4. The van der Waals surface area contributed by atoms with E-state index in [2.05, 4.69) is 11.8 Å². The lowest BCUT2D eigenvalue weighted by molar-refractivity contribution is -0.143. The number of rotatable bonds is 3. The molecule has 0 bridgehead atoms. The van der Waals surface area contributed by atoms with Crippen LogP contribution < -0.4 is 0 Å². The van der Waals surface area contributed by atoms with Crippen LogP contribution in [-0.2, 0) is 17.1 Å². The fraction of sp³-hybridized carbons (Fsp3) is 0.581. The van der Waals surface area contributed by atoms with E-state index in [0.29, 0.717) is 50.3 Å². The van der Waals surface area contributed by atoms with Crippen LogP contribution in [0.3, 0.4) is 0 Å². The van der Waals surface area contributed by atoms with Gasteiger partial charge in [-0.05, 0) is 93.5 Å². The lowest BCUT2D eigenvalue weighted by atomic mass is 9.78. The summed E-state index contributed by atoms with van der Waals surface area (Å²) < 4.78 is 101. The maximum absolute atomic E-state index is 14.1. The van der Waals surface area contributed by atoms with Crippen LogP contribution in [0.1, 0.15) is 79.4 Å². The standard InChI is InChI=1S/C31H36F7N3O2/c1-19-13-24(32)5-6-25(19)26-17-29(8-7-28(3)18-43-12-11-41(28)29)9-10-40(26)27(42)39(4)20(2)21-14-22(30(33,34)35)16-23(15-21)31(36,37)38/h5-6,13-16,20,26H,7-12,17-18H2,1-4H3/t20-,26-,28+,29+/m1/s1. The van der Waals surface area contributed by atoms with E-state index < -0.39 is 47.4 Å². The highest BCUT2D eigenvalue weighted by Gasteiger charge is 2.56. The summed E-state index contributed by atoms with van der Waals surface area (Å²) in [6, 6.07) is 3.70. The van der Waals surface area contributed by atoms with Crippen molar-refractivity contribution >= 4 is 6.03 Å². The maximum Gasteiger partial charge on any atom is 0.416 e. The Morgan fingerprint density at radius 1 is 1.00 bits per heavy atom. The highest BCUT2D eigenvalue weighted by atomic mass is 19.4. The highest BCUT2D eigenvalue weighted by Crippen LogP contribution is 2.52. The number of halogens is 7. The maximum atomic E-state index is 14.1. The molecule has 43 heavy (non-hydrogen) atoms. The Labute approximate surface area is 246 Å². The number of nitrogens with zero attached hydrogens (tertiary/aromatic N) is 3. The van der Waals surface area contributed by atoms with Crippen molar-refractivity contribution in [3.8, 4) is 0 Å². The topological polar surface area (TPSA) is 36.0 Å². The molecule has 0 radical (unpaired) electrons. The second kappa shape index (κ2) is 10.9. The summed E-state index contributed by atoms with van der Waals surface area (Å²) in [5.41, 5.74) is -2.09. The van der Waals surface area contributed by atoms with Gasteiger partial charge in [0.15, 0.2) is 0 Å². The summed E-state index contributed by atoms with van der Waals surface area (Å²) >= 11 is 0. The van der Waals surface area contributed by atoms with Gasteiger partial charge in [0.2, 0.25) is 0 Å². The Morgan fingerprint density at radius 3 is 2.26 bits per heavy atom. The normalized spacial score (nSPS) is 27.3. The van der Waals surface area contributed by atoms with E-state index in [1.165, 1.54) is 31.0 Å². The minimum Gasteiger partial charge on any atom is -0.378 e. The van der Waals surface area contributed by atoms with Gasteiger partial charge in [0.25, 0.3) is 0 Å². The molecule has 3 fully saturated rings. The Kier molecular flexibility index (Phi) is 8.03. The summed E-state index contributed by atoms with van der Waals surface area (Å²) in [7, 11) is 1.38. The summed E-state index contributed by atoms with van der Waals surface area (Å²) in [5, 5.41) is 0. The zero-order chi connectivity index (χ0) is 31.5. The molecule has 4 atom stereocenters. The molecular formula is C31H36F7N3O2. The first kappa shape index (κ1) is 31.6. The fourth-order valence-electron chi connectivity index (χ4n) is 7.31. The number of piperidine rings is 1. The third kappa shape index (κ3) is 5.84. The summed E-state index contributed by atoms with van der Waals surface area (Å²) in [6.07, 6.45) is -6.98. The Morgan fingerprint density at radius 2 is 1.65 bits per heavy atom. The number of hydrogen-bond acceptors (Lipinski definition) is 3. The molecule has 5 rings (SSSR count). The average Bonchev–Trinajstić information content (AvgIpc) is 3.22. The van der Waals surface area contributed by atoms with Gasteiger partial charge in [-0.2, -0.15) is 26.3 Å². The van der Waals surface area contributed by atoms with Crippen LogP contribution in [0.5, 0.6) is 0 Å². The second-order valence-corrected chi connectivity index (χ2v) is 12.5. The fourth-order valence-corrected chi connectivity index (χ4v) is 7.31. The van der Waals surface area contributed by atoms with Gasteiger partial charge in [0.1, 0.15) is 5.82 Å². The van der Waals surface area contributed by atoms with Crippen molar-refractivity contribution in [2.24, 2.45) is 0 Å². The lowest BCUT2D eigenvalue weighted by Gasteiger charge is -2.54. The van der Waals surface area contributed by atoms with Crippen molar-refractivity contribution in [1.82, 2.24) is 14.7 Å². The number of aryl methyl sites for hydroxylation is 1. The van der Waals surface area contributed by atoms with E-state index in [9.17, 15) is 35.5 Å². The molecule has 1 spiro atoms. The number of amides is 2. The third-order valence-corrected chi connectivity index (χ3v) is 9.80. The van der Waals surface area contributed by atoms with Crippen molar-refractivity contribution in [3.63, 3.8) is 0 Å². The first-order valence-corrected chi connectivity index (χ1v) is 14.4. The number of fused-ring (bicyclic) bond motifs is 2. The van der Waals surface area contributed by atoms with Gasteiger partial charge in [0, 0.05) is 31.2 Å². The van der Waals surface area contributed by atoms with E-state index in [1.807, 2.05) is 0 Å². The van der Waals surface area contributed by atoms with Crippen LogP contribution in [0.4, 0.5) is 35.5 Å². The Balaban J connectivity index is 1.49. The number of alkyl halides is 6. The van der Waals surface area contributed by atoms with E-state index in [-0.39, 0.29) is 22.7 Å². The number of urea groups is 1. The summed E-state index contributed by atoms with van der Waals surface area (Å²) in [6.45, 7) is 7.62. The van der Waals surface area contributed by atoms with Crippen LogP contribution in [-0.4, -0.2) is 65.2 Å². The SMILES string of the molecule is Cc1cc(F)ccc1[C@H]1C[C@@]2(CCN1C(=O)N(C)[C@H](C)c1cc(C(F)(F)F)cc(C(F)(F)F)c1)CC[C@@]1(C)COCCN12. The summed E-state index contributed by atoms with van der Waals surface area (Å²) in [5.74, 6) is -0.415. The first-order chi connectivity index (χ1) is 19.9. The number of carbonyl (C=O) groups excluding carboxylic acids is 1. The van der Waals surface area contributed by atoms with Crippen molar-refractivity contribution in [3.05, 3.63) is 70.0 Å². The van der Waals surface area contributed by atoms with Crippen LogP contribution in [0, 0.1) is 12.7 Å². The average molecular weight is 616 g/mol. The molecule has 236 valence electrons. The molecule has 0 unspecified atom stereocenters. The molecule has 2 aromatic carbocycles. The number of ether oxygens (including phenoxy) is 1. The molecule has 3 aliphatic heterocycles. The molecular weight excluding hydrogens is 579 g/mol. The van der Waals surface area contributed by atoms with Gasteiger partial charge in [-0.3, -0.25) is 4.90 Å². The number of likely N-dealkylation sites (tertiary alicyclic amines) is 1. The predicted octanol–water partition coefficient (Wildman–Crippen LogP) is 7.75. The monoisotopic (exact) mass is 615 g/mol. The Hall–Kier alpha value is -2.86. The van der Waals surface area contributed by atoms with Crippen molar-refractivity contribution < 1.29 is 40.3 Å². The molecule has 2 aromatic rings. The van der Waals surface area contributed by atoms with E-state index in [1.54, 1.807) is 17.9 Å². The van der Waals surface area contributed by atoms with Gasteiger partial charge in [0.05, 0.1) is 36.4 Å². The van der Waals surface area contributed by atoms with Crippen molar-refractivity contribution in [1.29, 1.82) is 0 Å². The molecule has 2 amide bonds. The zero-order valence-electron chi connectivity index (χ0n) is 24.6. The smallest absolute Gasteiger partial charge is 0.378 e. The highest BCUT2D eigenvalue weighted by molar-refractivity contribution is 5.75. The van der Waals surface area contributed by atoms with Crippen LogP contribution in [0.2, 0.25) is 0 Å². The van der Waals surface area contributed by atoms with Gasteiger partial charge in [-0.1, -0.05) is 6.07 Å². The lowest BCUT2D eigenvalue weighted by Crippen LogP contribution is -2.62. The number of carbonyl (C=O) groups is 1. The minimum absolute atomic E-state index is 0.0798. The molecule has 3 heterocycles. The Bertz CT molecular complexity index is 1350. The molecule has 0 N–H and O–H groups in total. The van der Waals surface area contributed by atoms with Gasteiger partial charge in [-0.15, -0.1) is 0 Å². The number of hydrogen-bond donors (Lipinski definition) is 0. The van der Waals surface area contributed by atoms with Crippen LogP contribution >= 0.6 is 0 Å². The van der Waals surface area contributed by atoms with Gasteiger partial charge in [-0.25, -0.2) is 9.18 Å². The number of benzene rings is 2. The van der Waals surface area contributed by atoms with Crippen molar-refractivity contribution in [2.45, 2.75) is 82.0 Å². The van der Waals surface area contributed by atoms with Gasteiger partial charge < -0.3 is 14.5 Å². The summed E-state index contributed by atoms with van der Waals surface area (Å²) in [4.78, 5) is 19.4. The van der Waals surface area contributed by atoms with Crippen molar-refractivity contribution in [2.75, 3.05) is 33.4 Å². The molecule has 12 heteroatoms. The van der Waals surface area contributed by atoms with E-state index in [4.69, 9.17) is 4.74 Å². The largest absolute Gasteiger partial charge is 0.416 e. The molecule has 0 saturated carbocycles. The van der Waals surface area contributed by atoms with E-state index in [0.717, 1.165) is 24.9 Å². The predicted molar refractivity (Wildman–Crippen MR) is 146 cm³/mol. The molecule has 3 aliphatic rings. The second-order valence-electron chi connectivity index (χ2n) is 12.5. The molecule has 3 saturated heterocycles. The van der Waals surface area contributed by atoms with Crippen LogP contribution in [0.25, 0.3) is 0 Å². The molecule has 0 aliphatic carbocycles. The minimum atomic E-state index is -5.00. The van der Waals surface area contributed by atoms with E-state index >= 15 is 0 Å². The molecule has 0 aromatic heterocycles. The van der Waals surface area contributed by atoms with Crippen LogP contribution in [0.15, 0.2) is 36.4 Å². The molecule has 5 nitrogen and oxygen atoms in total. The quantitative estimate of drug-likeness (QED) is 0.332. The van der Waals surface area contributed by atoms with Gasteiger partial charge >= 0.3 is 18.4 Å². The zero-order valence-corrected chi connectivity index (χ0v) is 24.6. The third-order valence-electron chi connectivity index (χ3n) is 9.80. The number of morpholine rings is 1.